The smallest absolute Gasteiger partial charge is 0.337 e. The Morgan fingerprint density at radius 2 is 1.78 bits per heavy atom. The summed E-state index contributed by atoms with van der Waals surface area (Å²) in [7, 11) is 1.36. The van der Waals surface area contributed by atoms with E-state index in [0.29, 0.717) is 22.7 Å². The average molecular weight is 445 g/mol. The lowest BCUT2D eigenvalue weighted by Gasteiger charge is -2.36. The van der Waals surface area contributed by atoms with E-state index < -0.39 is 5.97 Å². The number of amides is 1. The Bertz CT molecular complexity index is 1330. The first-order valence-electron chi connectivity index (χ1n) is 10.4. The number of hydrogen-bond acceptors (Lipinski definition) is 3. The van der Waals surface area contributed by atoms with Crippen LogP contribution in [0.2, 0.25) is 5.02 Å². The second-order valence-electron chi connectivity index (χ2n) is 7.84. The van der Waals surface area contributed by atoms with Crippen molar-refractivity contribution in [2.45, 2.75) is 12.5 Å². The van der Waals surface area contributed by atoms with E-state index in [1.165, 1.54) is 18.1 Å². The summed E-state index contributed by atoms with van der Waals surface area (Å²) in [6.07, 6.45) is 0.752. The summed E-state index contributed by atoms with van der Waals surface area (Å²) < 4.78 is 4.82. The van der Waals surface area contributed by atoms with Gasteiger partial charge in [0.25, 0.3) is 5.91 Å². The molecule has 1 atom stereocenters. The number of nitrogens with zero attached hydrogens (tertiary/aromatic N) is 1. The lowest BCUT2D eigenvalue weighted by Crippen LogP contribution is -2.40. The second kappa shape index (κ2) is 8.17. The number of nitrogens with one attached hydrogen (secondary N) is 1. The first-order valence-corrected chi connectivity index (χ1v) is 10.8. The Balaban J connectivity index is 1.63. The fourth-order valence-corrected chi connectivity index (χ4v) is 4.70. The van der Waals surface area contributed by atoms with Gasteiger partial charge < -0.3 is 14.6 Å². The van der Waals surface area contributed by atoms with Crippen LogP contribution < -0.4 is 0 Å². The van der Waals surface area contributed by atoms with Gasteiger partial charge in [-0.25, -0.2) is 4.79 Å². The van der Waals surface area contributed by atoms with Gasteiger partial charge in [-0.15, -0.1) is 0 Å². The molecule has 1 aliphatic heterocycles. The van der Waals surface area contributed by atoms with Gasteiger partial charge in [-0.1, -0.05) is 48.0 Å². The molecule has 2 heterocycles. The summed E-state index contributed by atoms with van der Waals surface area (Å²) in [6.45, 7) is 0.573. The third kappa shape index (κ3) is 3.45. The number of rotatable bonds is 3. The SMILES string of the molecule is COC(=O)c1ccc(C2c3[nH]c4ccccc4c3CCN2C(=O)c2cccc(Cl)c2)cc1. The molecule has 4 aromatic rings. The predicted molar refractivity (Wildman–Crippen MR) is 124 cm³/mol. The number of fused-ring (bicyclic) bond motifs is 3. The van der Waals surface area contributed by atoms with Crippen LogP contribution in [-0.2, 0) is 11.2 Å². The number of ether oxygens (including phenoxy) is 1. The zero-order valence-corrected chi connectivity index (χ0v) is 18.2. The van der Waals surface area contributed by atoms with E-state index in [-0.39, 0.29) is 11.9 Å². The molecule has 0 bridgehead atoms. The van der Waals surface area contributed by atoms with Crippen LogP contribution in [0.25, 0.3) is 10.9 Å². The van der Waals surface area contributed by atoms with Gasteiger partial charge in [-0.05, 0) is 53.9 Å². The predicted octanol–water partition coefficient (Wildman–Crippen LogP) is 5.40. The molecule has 160 valence electrons. The van der Waals surface area contributed by atoms with E-state index in [0.717, 1.165) is 23.2 Å². The highest BCUT2D eigenvalue weighted by atomic mass is 35.5. The first kappa shape index (κ1) is 20.3. The molecule has 3 aromatic carbocycles. The number of methoxy groups -OCH3 is 1. The third-order valence-electron chi connectivity index (χ3n) is 6.01. The Kier molecular flexibility index (Phi) is 5.19. The molecule has 0 saturated carbocycles. The molecule has 0 aliphatic carbocycles. The van der Waals surface area contributed by atoms with Crippen LogP contribution in [0.15, 0.2) is 72.8 Å². The molecule has 1 amide bonds. The molecule has 1 N–H and O–H groups in total. The lowest BCUT2D eigenvalue weighted by molar-refractivity contribution is 0.0599. The van der Waals surface area contributed by atoms with Crippen LogP contribution in [0.3, 0.4) is 0 Å². The van der Waals surface area contributed by atoms with Gasteiger partial charge in [0.1, 0.15) is 0 Å². The minimum absolute atomic E-state index is 0.0844. The molecule has 1 aromatic heterocycles. The van der Waals surface area contributed by atoms with Gasteiger partial charge in [-0.2, -0.15) is 0 Å². The van der Waals surface area contributed by atoms with E-state index in [1.807, 2.05) is 35.2 Å². The maximum Gasteiger partial charge on any atom is 0.337 e. The number of halogens is 1. The van der Waals surface area contributed by atoms with E-state index >= 15 is 0 Å². The van der Waals surface area contributed by atoms with Crippen molar-refractivity contribution < 1.29 is 14.3 Å². The Morgan fingerprint density at radius 1 is 1.00 bits per heavy atom. The number of carbonyl (C=O) groups is 2. The quantitative estimate of drug-likeness (QED) is 0.430. The minimum Gasteiger partial charge on any atom is -0.465 e. The van der Waals surface area contributed by atoms with Gasteiger partial charge >= 0.3 is 5.97 Å². The monoisotopic (exact) mass is 444 g/mol. The Hall–Kier alpha value is -3.57. The number of benzene rings is 3. The lowest BCUT2D eigenvalue weighted by atomic mass is 9.91. The highest BCUT2D eigenvalue weighted by Gasteiger charge is 2.35. The number of carbonyl (C=O) groups excluding carboxylic acids is 2. The number of aromatic nitrogens is 1. The van der Waals surface area contributed by atoms with Crippen LogP contribution in [0, 0.1) is 0 Å². The van der Waals surface area contributed by atoms with Gasteiger partial charge in [0.15, 0.2) is 0 Å². The van der Waals surface area contributed by atoms with Crippen molar-refractivity contribution >= 4 is 34.4 Å². The van der Waals surface area contributed by atoms with E-state index in [9.17, 15) is 9.59 Å². The molecular formula is C26H21ClN2O3. The van der Waals surface area contributed by atoms with E-state index in [4.69, 9.17) is 16.3 Å². The zero-order valence-electron chi connectivity index (χ0n) is 17.5. The van der Waals surface area contributed by atoms with Crippen LogP contribution in [0.4, 0.5) is 0 Å². The number of para-hydroxylation sites is 1. The van der Waals surface area contributed by atoms with Crippen molar-refractivity contribution in [3.8, 4) is 0 Å². The highest BCUT2D eigenvalue weighted by Crippen LogP contribution is 2.39. The highest BCUT2D eigenvalue weighted by molar-refractivity contribution is 6.31. The van der Waals surface area contributed by atoms with Crippen LogP contribution in [0.1, 0.15) is 43.6 Å². The molecule has 32 heavy (non-hydrogen) atoms. The molecule has 6 heteroatoms. The molecule has 0 radical (unpaired) electrons. The molecule has 5 nitrogen and oxygen atoms in total. The van der Waals surface area contributed by atoms with Crippen molar-refractivity contribution in [2.24, 2.45) is 0 Å². The van der Waals surface area contributed by atoms with Gasteiger partial charge in [0, 0.05) is 33.7 Å². The molecular weight excluding hydrogens is 424 g/mol. The normalized spacial score (nSPS) is 15.4. The number of esters is 1. The second-order valence-corrected chi connectivity index (χ2v) is 8.27. The van der Waals surface area contributed by atoms with Gasteiger partial charge in [0.2, 0.25) is 0 Å². The molecule has 1 aliphatic rings. The summed E-state index contributed by atoms with van der Waals surface area (Å²) in [6, 6.07) is 22.1. The summed E-state index contributed by atoms with van der Waals surface area (Å²) in [5.41, 5.74) is 5.20. The Morgan fingerprint density at radius 3 is 2.53 bits per heavy atom. The summed E-state index contributed by atoms with van der Waals surface area (Å²) in [4.78, 5) is 30.9. The maximum atomic E-state index is 13.6. The van der Waals surface area contributed by atoms with Crippen molar-refractivity contribution in [3.05, 3.63) is 106 Å². The fraction of sp³-hybridized carbons (Fsp3) is 0.154. The molecule has 0 spiro atoms. The molecule has 1 unspecified atom stereocenters. The van der Waals surface area contributed by atoms with Crippen LogP contribution in [-0.4, -0.2) is 35.4 Å². The summed E-state index contributed by atoms with van der Waals surface area (Å²) in [5, 5.41) is 1.70. The minimum atomic E-state index is -0.390. The van der Waals surface area contributed by atoms with Crippen molar-refractivity contribution in [2.75, 3.05) is 13.7 Å². The average Bonchev–Trinajstić information content (AvgIpc) is 3.21. The molecule has 5 rings (SSSR count). The van der Waals surface area contributed by atoms with Crippen LogP contribution >= 0.6 is 11.6 Å². The fourth-order valence-electron chi connectivity index (χ4n) is 4.51. The topological polar surface area (TPSA) is 62.4 Å². The molecule has 0 saturated heterocycles. The number of aromatic amines is 1. The van der Waals surface area contributed by atoms with E-state index in [1.54, 1.807) is 36.4 Å². The third-order valence-corrected chi connectivity index (χ3v) is 6.25. The summed E-state index contributed by atoms with van der Waals surface area (Å²) >= 11 is 6.16. The number of H-pyrrole nitrogens is 1. The maximum absolute atomic E-state index is 13.6. The van der Waals surface area contributed by atoms with Gasteiger partial charge in [0.05, 0.1) is 18.7 Å². The standard InChI is InChI=1S/C26H21ClN2O3/c1-32-26(31)17-11-9-16(10-12-17)24-23-21(20-7-2-3-8-22(20)28-23)13-14-29(24)25(30)18-5-4-6-19(27)15-18/h2-12,15,24,28H,13-14H2,1H3. The van der Waals surface area contributed by atoms with Crippen molar-refractivity contribution in [1.82, 2.24) is 9.88 Å². The van der Waals surface area contributed by atoms with E-state index in [2.05, 4.69) is 11.1 Å². The zero-order chi connectivity index (χ0) is 22.2. The first-order chi connectivity index (χ1) is 15.6. The number of hydrogen-bond donors (Lipinski definition) is 1. The van der Waals surface area contributed by atoms with Gasteiger partial charge in [-0.3, -0.25) is 4.79 Å². The van der Waals surface area contributed by atoms with Crippen molar-refractivity contribution in [3.63, 3.8) is 0 Å². The molecule has 0 fully saturated rings. The summed E-state index contributed by atoms with van der Waals surface area (Å²) in [5.74, 6) is -0.475. The van der Waals surface area contributed by atoms with Crippen molar-refractivity contribution in [1.29, 1.82) is 0 Å². The Labute approximate surface area is 190 Å². The largest absolute Gasteiger partial charge is 0.465 e. The van der Waals surface area contributed by atoms with Crippen LogP contribution in [0.5, 0.6) is 0 Å².